The summed E-state index contributed by atoms with van der Waals surface area (Å²) >= 11 is 0. The van der Waals surface area contributed by atoms with Crippen LogP contribution in [0.5, 0.6) is 5.75 Å². The van der Waals surface area contributed by atoms with Gasteiger partial charge < -0.3 is 9.15 Å². The Labute approximate surface area is 181 Å². The van der Waals surface area contributed by atoms with E-state index in [1.807, 2.05) is 20.8 Å². The van der Waals surface area contributed by atoms with E-state index in [1.165, 1.54) is 24.3 Å². The van der Waals surface area contributed by atoms with Crippen LogP contribution in [-0.2, 0) is 21.2 Å². The number of carbonyl (C=O) groups is 1. The Morgan fingerprint density at radius 1 is 1.10 bits per heavy atom. The van der Waals surface area contributed by atoms with E-state index in [4.69, 9.17) is 9.15 Å². The molecule has 1 heterocycles. The molecule has 0 amide bonds. The van der Waals surface area contributed by atoms with Gasteiger partial charge >= 0.3 is 11.6 Å². The number of ether oxygens (including phenoxy) is 1. The lowest BCUT2D eigenvalue weighted by atomic mass is 10.1. The number of hydrogen-bond donors (Lipinski definition) is 1. The highest BCUT2D eigenvalue weighted by Gasteiger charge is 2.27. The van der Waals surface area contributed by atoms with E-state index in [0.29, 0.717) is 18.4 Å². The molecule has 0 saturated heterocycles. The highest BCUT2D eigenvalue weighted by atomic mass is 32.2. The number of rotatable bonds is 8. The lowest BCUT2D eigenvalue weighted by Crippen LogP contribution is -2.42. The summed E-state index contributed by atoms with van der Waals surface area (Å²) in [7, 11) is -3.90. The number of carbonyl (C=O) groups excluding carboxylic acids is 1. The first kappa shape index (κ1) is 22.7. The van der Waals surface area contributed by atoms with Crippen molar-refractivity contribution in [2.75, 3.05) is 0 Å². The monoisotopic (exact) mass is 443 g/mol. The van der Waals surface area contributed by atoms with E-state index in [-0.39, 0.29) is 17.1 Å². The Morgan fingerprint density at radius 3 is 2.45 bits per heavy atom. The zero-order valence-corrected chi connectivity index (χ0v) is 18.5. The van der Waals surface area contributed by atoms with Gasteiger partial charge in [0.05, 0.1) is 4.90 Å². The third-order valence-electron chi connectivity index (χ3n) is 4.89. The molecule has 0 aliphatic carbocycles. The zero-order chi connectivity index (χ0) is 22.6. The molecule has 1 N–H and O–H groups in total. The topological polar surface area (TPSA) is 103 Å². The van der Waals surface area contributed by atoms with E-state index >= 15 is 0 Å². The van der Waals surface area contributed by atoms with Crippen LogP contribution in [0.15, 0.2) is 62.6 Å². The molecule has 0 fully saturated rings. The third-order valence-corrected chi connectivity index (χ3v) is 6.38. The standard InChI is InChI=1S/C23H25NO6S/c1-4-6-20(24-31(27,28)18-10-7-15(3)8-11-18)23(26)29-17-9-12-19-16(5-2)13-22(25)30-21(19)14-17/h7-14,20,24H,4-6H2,1-3H3. The Bertz CT molecular complexity index is 1250. The van der Waals surface area contributed by atoms with Crippen molar-refractivity contribution in [1.82, 2.24) is 4.72 Å². The van der Waals surface area contributed by atoms with Gasteiger partial charge in [0.25, 0.3) is 0 Å². The molecular formula is C23H25NO6S. The van der Waals surface area contributed by atoms with Crippen molar-refractivity contribution in [3.05, 3.63) is 70.1 Å². The van der Waals surface area contributed by atoms with Gasteiger partial charge in [-0.05, 0) is 49.6 Å². The number of aryl methyl sites for hydroxylation is 2. The molecule has 0 radical (unpaired) electrons. The molecule has 0 saturated carbocycles. The van der Waals surface area contributed by atoms with E-state index in [0.717, 1.165) is 16.5 Å². The predicted molar refractivity (Wildman–Crippen MR) is 118 cm³/mol. The highest BCUT2D eigenvalue weighted by molar-refractivity contribution is 7.89. The minimum Gasteiger partial charge on any atom is -0.425 e. The van der Waals surface area contributed by atoms with Gasteiger partial charge in [-0.15, -0.1) is 0 Å². The fraction of sp³-hybridized carbons (Fsp3) is 0.304. The van der Waals surface area contributed by atoms with Crippen LogP contribution >= 0.6 is 0 Å². The maximum atomic E-state index is 12.8. The van der Waals surface area contributed by atoms with Gasteiger partial charge in [0.15, 0.2) is 0 Å². The van der Waals surface area contributed by atoms with Crippen LogP contribution in [0, 0.1) is 6.92 Å². The molecule has 0 aliphatic rings. The molecule has 0 aliphatic heterocycles. The van der Waals surface area contributed by atoms with E-state index in [1.54, 1.807) is 24.3 Å². The zero-order valence-electron chi connectivity index (χ0n) is 17.7. The Balaban J connectivity index is 1.83. The van der Waals surface area contributed by atoms with Crippen molar-refractivity contribution in [3.8, 4) is 5.75 Å². The molecule has 7 nitrogen and oxygen atoms in total. The molecule has 3 aromatic rings. The van der Waals surface area contributed by atoms with Gasteiger partial charge in [-0.25, -0.2) is 18.0 Å². The fourth-order valence-corrected chi connectivity index (χ4v) is 4.46. The molecule has 164 valence electrons. The van der Waals surface area contributed by atoms with Crippen molar-refractivity contribution >= 4 is 27.0 Å². The second-order valence-electron chi connectivity index (χ2n) is 7.30. The van der Waals surface area contributed by atoms with Crippen LogP contribution in [0.25, 0.3) is 11.0 Å². The minimum absolute atomic E-state index is 0.0755. The van der Waals surface area contributed by atoms with E-state index in [2.05, 4.69) is 4.72 Å². The van der Waals surface area contributed by atoms with Crippen molar-refractivity contribution in [1.29, 1.82) is 0 Å². The molecule has 8 heteroatoms. The normalized spacial score (nSPS) is 12.6. The Morgan fingerprint density at radius 2 is 1.81 bits per heavy atom. The number of esters is 1. The first-order chi connectivity index (χ1) is 14.7. The number of benzene rings is 2. The number of nitrogens with one attached hydrogen (secondary N) is 1. The van der Waals surface area contributed by atoms with Crippen molar-refractivity contribution in [3.63, 3.8) is 0 Å². The first-order valence-corrected chi connectivity index (χ1v) is 11.6. The van der Waals surface area contributed by atoms with Crippen LogP contribution in [0.4, 0.5) is 0 Å². The van der Waals surface area contributed by atoms with Gasteiger partial charge in [0.2, 0.25) is 10.0 Å². The second kappa shape index (κ2) is 9.45. The summed E-state index contributed by atoms with van der Waals surface area (Å²) in [6.07, 6.45) is 1.50. The molecule has 0 bridgehead atoms. The molecule has 1 unspecified atom stereocenters. The van der Waals surface area contributed by atoms with Gasteiger partial charge in [-0.3, -0.25) is 0 Å². The molecule has 1 atom stereocenters. The SMILES string of the molecule is CCCC(NS(=O)(=O)c1ccc(C)cc1)C(=O)Oc1ccc2c(CC)cc(=O)oc2c1. The van der Waals surface area contributed by atoms with Crippen LogP contribution in [0.1, 0.15) is 37.8 Å². The number of fused-ring (bicyclic) bond motifs is 1. The molecular weight excluding hydrogens is 418 g/mol. The van der Waals surface area contributed by atoms with Gasteiger partial charge in [-0.1, -0.05) is 38.0 Å². The second-order valence-corrected chi connectivity index (χ2v) is 9.01. The summed E-state index contributed by atoms with van der Waals surface area (Å²) in [5.74, 6) is -0.560. The summed E-state index contributed by atoms with van der Waals surface area (Å²) in [6, 6.07) is 11.5. The van der Waals surface area contributed by atoms with Crippen LogP contribution in [0.2, 0.25) is 0 Å². The maximum Gasteiger partial charge on any atom is 0.336 e. The number of hydrogen-bond acceptors (Lipinski definition) is 6. The van der Waals surface area contributed by atoms with Crippen LogP contribution in [-0.4, -0.2) is 20.4 Å². The van der Waals surface area contributed by atoms with Crippen LogP contribution in [0.3, 0.4) is 0 Å². The predicted octanol–water partition coefficient (Wildman–Crippen LogP) is 3.72. The van der Waals surface area contributed by atoms with Gasteiger partial charge in [-0.2, -0.15) is 4.72 Å². The molecule has 0 spiro atoms. The quantitative estimate of drug-likeness (QED) is 0.323. The molecule has 31 heavy (non-hydrogen) atoms. The summed E-state index contributed by atoms with van der Waals surface area (Å²) in [4.78, 5) is 24.6. The van der Waals surface area contributed by atoms with Crippen molar-refractivity contribution < 1.29 is 22.4 Å². The molecule has 3 rings (SSSR count). The summed E-state index contributed by atoms with van der Waals surface area (Å²) < 4.78 is 38.5. The lowest BCUT2D eigenvalue weighted by Gasteiger charge is -2.17. The Hall–Kier alpha value is -2.97. The summed E-state index contributed by atoms with van der Waals surface area (Å²) in [5.41, 5.74) is 1.58. The summed E-state index contributed by atoms with van der Waals surface area (Å²) in [6.45, 7) is 5.63. The van der Waals surface area contributed by atoms with Gasteiger partial charge in [0, 0.05) is 17.5 Å². The van der Waals surface area contributed by atoms with E-state index in [9.17, 15) is 18.0 Å². The average Bonchev–Trinajstić information content (AvgIpc) is 2.72. The third kappa shape index (κ3) is 5.39. The summed E-state index contributed by atoms with van der Waals surface area (Å²) in [5, 5.41) is 0.757. The van der Waals surface area contributed by atoms with Crippen molar-refractivity contribution in [2.24, 2.45) is 0 Å². The number of sulfonamides is 1. The fourth-order valence-electron chi connectivity index (χ4n) is 3.24. The smallest absolute Gasteiger partial charge is 0.336 e. The maximum absolute atomic E-state index is 12.8. The Kier molecular flexibility index (Phi) is 6.92. The van der Waals surface area contributed by atoms with Crippen molar-refractivity contribution in [2.45, 2.75) is 51.0 Å². The molecule has 1 aromatic heterocycles. The van der Waals surface area contributed by atoms with Gasteiger partial charge in [0.1, 0.15) is 17.4 Å². The largest absolute Gasteiger partial charge is 0.425 e. The minimum atomic E-state index is -3.90. The average molecular weight is 444 g/mol. The highest BCUT2D eigenvalue weighted by Crippen LogP contribution is 2.24. The lowest BCUT2D eigenvalue weighted by molar-refractivity contribution is -0.136. The molecule has 2 aromatic carbocycles. The first-order valence-electron chi connectivity index (χ1n) is 10.1. The van der Waals surface area contributed by atoms with E-state index < -0.39 is 27.7 Å². The van der Waals surface area contributed by atoms with Crippen LogP contribution < -0.4 is 15.1 Å².